The molecule has 0 aliphatic carbocycles. The van der Waals surface area contributed by atoms with Crippen LogP contribution in [0.3, 0.4) is 0 Å². The van der Waals surface area contributed by atoms with E-state index in [0.717, 1.165) is 0 Å². The predicted octanol–water partition coefficient (Wildman–Crippen LogP) is -0.895. The summed E-state index contributed by atoms with van der Waals surface area (Å²) in [6.07, 6.45) is 0. The largest absolute Gasteiger partial charge is 4.00 e. The maximum atomic E-state index is 4.66. The Balaban J connectivity index is -0.0000000369. The quantitative estimate of drug-likeness (QED) is 0.221. The van der Waals surface area contributed by atoms with E-state index in [4.69, 9.17) is 0 Å². The molecule has 0 aromatic carbocycles. The Morgan fingerprint density at radius 2 is 0.529 bits per heavy atom. The molecule has 0 fully saturated rings. The average Bonchev–Trinajstić information content (AvgIpc) is 1.76. The molecule has 99 valence electrons. The molecule has 0 aromatic heterocycles. The molecule has 0 aromatic rings. The van der Waals surface area contributed by atoms with Gasteiger partial charge in [-0.25, -0.2) is 0 Å². The minimum Gasteiger partial charge on any atom is -0.415 e. The van der Waals surface area contributed by atoms with Crippen LogP contribution in [0.5, 0.6) is 0 Å². The van der Waals surface area contributed by atoms with E-state index in [2.05, 4.69) is 122 Å². The monoisotopic (exact) mass is 555 g/mol. The van der Waals surface area contributed by atoms with E-state index >= 15 is 0 Å². The van der Waals surface area contributed by atoms with Gasteiger partial charge in [0.25, 0.3) is 0 Å². The van der Waals surface area contributed by atoms with E-state index in [1.165, 1.54) is 0 Å². The molecule has 0 saturated carbocycles. The zero-order chi connectivity index (χ0) is 14.3. The Labute approximate surface area is 158 Å². The summed E-state index contributed by atoms with van der Waals surface area (Å²) >= 11 is 33.0. The van der Waals surface area contributed by atoms with Crippen molar-refractivity contribution in [2.75, 3.05) is 0 Å². The first kappa shape index (κ1) is 30.8. The van der Waals surface area contributed by atoms with E-state index in [1.807, 2.05) is 0 Å². The van der Waals surface area contributed by atoms with E-state index in [9.17, 15) is 0 Å². The van der Waals surface area contributed by atoms with Crippen molar-refractivity contribution in [2.24, 2.45) is 22.9 Å². The van der Waals surface area contributed by atoms with Crippen molar-refractivity contribution in [3.63, 3.8) is 0 Å². The van der Waals surface area contributed by atoms with Crippen LogP contribution in [0.2, 0.25) is 0 Å². The molecule has 0 saturated heterocycles. The molecule has 0 atom stereocenters. The van der Waals surface area contributed by atoms with Gasteiger partial charge in [-0.1, -0.05) is 17.3 Å². The van der Waals surface area contributed by atoms with Crippen molar-refractivity contribution < 1.29 is 20.4 Å². The molecule has 0 amide bonds. The molecule has 1 radical (unpaired) electrons. The van der Waals surface area contributed by atoms with Crippen molar-refractivity contribution in [1.82, 2.24) is 0 Å². The van der Waals surface area contributed by atoms with Crippen LogP contribution in [0.4, 0.5) is 0 Å². The van der Waals surface area contributed by atoms with Gasteiger partial charge in [-0.2, -0.15) is 0 Å². The number of thiocarbonyl (C=S) groups is 4. The maximum absolute atomic E-state index is 4.66. The predicted molar refractivity (Wildman–Crippen MR) is 96.6 cm³/mol. The Bertz CT molecular complexity index is 170. The molecule has 0 aliphatic rings. The molecule has 4 nitrogen and oxygen atoms in total. The number of rotatable bonds is 0. The summed E-state index contributed by atoms with van der Waals surface area (Å²) in [6, 6.07) is 0. The van der Waals surface area contributed by atoms with Crippen molar-refractivity contribution in [3.8, 4) is 0 Å². The summed E-state index contributed by atoms with van der Waals surface area (Å²) in [5, 5.41) is 0. The Hall–Kier alpha value is 1.10. The summed E-state index contributed by atoms with van der Waals surface area (Å²) in [5.41, 5.74) is 18.6. The first-order chi connectivity index (χ1) is 6.93. The average molecular weight is 555 g/mol. The first-order valence-corrected chi connectivity index (χ1v) is 6.05. The molecule has 0 spiro atoms. The van der Waals surface area contributed by atoms with Crippen LogP contribution in [-0.2, 0) is 70.9 Å². The summed E-state index contributed by atoms with van der Waals surface area (Å²) in [4.78, 5) is 0. The Morgan fingerprint density at radius 1 is 0.529 bits per heavy atom. The van der Waals surface area contributed by atoms with Crippen LogP contribution in [0, 0.1) is 0 Å². The van der Waals surface area contributed by atoms with Gasteiger partial charge in [-0.15, -0.1) is 0 Å². The maximum Gasteiger partial charge on any atom is 4.00 e. The minimum atomic E-state index is 0. The molecule has 8 N–H and O–H groups in total. The first-order valence-electron chi connectivity index (χ1n) is 2.79. The standard InChI is InChI=1S/4CH3NS2.Re/c4*2-1(3)4;/h4*(H3,2,3,4);/q;;;;+4/p-4. The summed E-state index contributed by atoms with van der Waals surface area (Å²) in [5.74, 6) is 0. The van der Waals surface area contributed by atoms with Gasteiger partial charge < -0.3 is 122 Å². The van der Waals surface area contributed by atoms with Gasteiger partial charge in [0.15, 0.2) is 0 Å². The van der Waals surface area contributed by atoms with Gasteiger partial charge >= 0.3 is 20.4 Å². The number of hydrogen-bond acceptors (Lipinski definition) is 8. The van der Waals surface area contributed by atoms with Crippen molar-refractivity contribution in [2.45, 2.75) is 0 Å². The third-order valence-corrected chi connectivity index (χ3v) is 0. The molecule has 0 bridgehead atoms. The fourth-order valence-corrected chi connectivity index (χ4v) is 0. The molecule has 13 heteroatoms. The summed E-state index contributed by atoms with van der Waals surface area (Å²) in [6.45, 7) is 0. The Morgan fingerprint density at radius 3 is 0.529 bits per heavy atom. The van der Waals surface area contributed by atoms with Crippen LogP contribution in [0.25, 0.3) is 0 Å². The van der Waals surface area contributed by atoms with Gasteiger partial charge in [-0.05, 0) is 0 Å². The SMILES string of the molecule is NC(=S)[S-].NC(=S)[S-].NC(=S)[S-].NC(=S)[S-].[Re+4]. The van der Waals surface area contributed by atoms with E-state index in [0.29, 0.717) is 0 Å². The number of hydrogen-bond donors (Lipinski definition) is 4. The number of nitrogens with two attached hydrogens (primary N) is 4. The molecular formula is C4H8N4ReS8. The molecular weight excluding hydrogens is 547 g/mol. The molecule has 0 unspecified atom stereocenters. The third-order valence-electron chi connectivity index (χ3n) is 0. The van der Waals surface area contributed by atoms with Crippen LogP contribution in [-0.4, -0.2) is 17.3 Å². The van der Waals surface area contributed by atoms with Gasteiger partial charge in [0.1, 0.15) is 0 Å². The minimum absolute atomic E-state index is 0. The van der Waals surface area contributed by atoms with Crippen molar-refractivity contribution >= 4 is 117 Å². The van der Waals surface area contributed by atoms with Gasteiger partial charge in [0.2, 0.25) is 0 Å². The normalized spacial score (nSPS) is 5.65. The van der Waals surface area contributed by atoms with Gasteiger partial charge in [0.05, 0.1) is 0 Å². The fourth-order valence-electron chi connectivity index (χ4n) is 0. The fraction of sp³-hybridized carbons (Fsp3) is 0. The smallest absolute Gasteiger partial charge is 0.415 e. The van der Waals surface area contributed by atoms with Crippen molar-refractivity contribution in [1.29, 1.82) is 0 Å². The van der Waals surface area contributed by atoms with Crippen LogP contribution in [0.15, 0.2) is 0 Å². The Kier molecular flexibility index (Phi) is 46.9. The molecule has 0 rings (SSSR count). The second-order valence-corrected chi connectivity index (χ2v) is 5.83. The molecule has 0 heterocycles. The van der Waals surface area contributed by atoms with E-state index in [1.54, 1.807) is 0 Å². The van der Waals surface area contributed by atoms with Crippen molar-refractivity contribution in [3.05, 3.63) is 0 Å². The van der Waals surface area contributed by atoms with Gasteiger partial charge in [0, 0.05) is 0 Å². The van der Waals surface area contributed by atoms with E-state index in [-0.39, 0.29) is 37.7 Å². The van der Waals surface area contributed by atoms with Gasteiger partial charge in [-0.3, -0.25) is 0 Å². The zero-order valence-corrected chi connectivity index (χ0v) is 17.2. The molecule has 17 heavy (non-hydrogen) atoms. The van der Waals surface area contributed by atoms with E-state index < -0.39 is 0 Å². The van der Waals surface area contributed by atoms with Crippen LogP contribution < -0.4 is 22.9 Å². The van der Waals surface area contributed by atoms with Crippen LogP contribution >= 0.6 is 48.9 Å². The third kappa shape index (κ3) is 3210. The second-order valence-electron chi connectivity index (χ2n) is 1.28. The zero-order valence-electron chi connectivity index (χ0n) is 7.95. The summed E-state index contributed by atoms with van der Waals surface area (Å²) < 4.78 is 0.333. The van der Waals surface area contributed by atoms with Crippen LogP contribution in [0.1, 0.15) is 0 Å². The molecule has 0 aliphatic heterocycles. The second kappa shape index (κ2) is 25.8. The topological polar surface area (TPSA) is 104 Å². The summed E-state index contributed by atoms with van der Waals surface area (Å²) in [7, 11) is 0.